The van der Waals surface area contributed by atoms with Gasteiger partial charge in [-0.05, 0) is 42.9 Å². The quantitative estimate of drug-likeness (QED) is 0.592. The molecular weight excluding hydrogens is 334 g/mol. The molecule has 0 bridgehead atoms. The molecule has 0 aliphatic rings. The van der Waals surface area contributed by atoms with E-state index in [9.17, 15) is 0 Å². The Morgan fingerprint density at radius 2 is 1.95 bits per heavy atom. The van der Waals surface area contributed by atoms with Crippen molar-refractivity contribution in [3.63, 3.8) is 0 Å². The number of ether oxygens (including phenoxy) is 1. The van der Waals surface area contributed by atoms with Crippen LogP contribution < -0.4 is 10.1 Å². The number of hydrogen-bond acceptors (Lipinski definition) is 3. The fraction of sp³-hybridized carbons (Fsp3) is 0.250. The van der Waals surface area contributed by atoms with Gasteiger partial charge in [0.25, 0.3) is 0 Å². The van der Waals surface area contributed by atoms with Crippen LogP contribution in [0, 0.1) is 0 Å². The summed E-state index contributed by atoms with van der Waals surface area (Å²) in [6.45, 7) is 1.62. The predicted octanol–water partition coefficient (Wildman–Crippen LogP) is 4.34. The van der Waals surface area contributed by atoms with Gasteiger partial charge < -0.3 is 10.1 Å². The third-order valence-corrected chi connectivity index (χ3v) is 4.19. The zero-order valence-corrected chi connectivity index (χ0v) is 13.8. The van der Waals surface area contributed by atoms with E-state index in [1.54, 1.807) is 0 Å². The molecule has 2 rings (SSSR count). The molecule has 0 fully saturated rings. The van der Waals surface area contributed by atoms with Crippen molar-refractivity contribution in [3.05, 3.63) is 58.6 Å². The lowest BCUT2D eigenvalue weighted by Gasteiger charge is -2.07. The van der Waals surface area contributed by atoms with Gasteiger partial charge in [-0.15, -0.1) is 11.8 Å². The molecule has 0 unspecified atom stereocenters. The molecule has 0 atom stereocenters. The van der Waals surface area contributed by atoms with Crippen LogP contribution in [0.15, 0.2) is 57.9 Å². The SMILES string of the molecule is CNCc1ccc(SCCOc2cccc(Br)c2)cc1. The smallest absolute Gasteiger partial charge is 0.120 e. The molecule has 2 aromatic carbocycles. The van der Waals surface area contributed by atoms with Gasteiger partial charge in [-0.25, -0.2) is 0 Å². The molecule has 0 radical (unpaired) electrons. The molecule has 2 nitrogen and oxygen atoms in total. The third-order valence-electron chi connectivity index (χ3n) is 2.72. The van der Waals surface area contributed by atoms with Crippen LogP contribution in [0.4, 0.5) is 0 Å². The van der Waals surface area contributed by atoms with E-state index in [2.05, 4.69) is 45.5 Å². The summed E-state index contributed by atoms with van der Waals surface area (Å²) in [6, 6.07) is 16.6. The average molecular weight is 352 g/mol. The lowest BCUT2D eigenvalue weighted by molar-refractivity contribution is 0.344. The van der Waals surface area contributed by atoms with Gasteiger partial charge in [-0.2, -0.15) is 0 Å². The first-order valence-electron chi connectivity index (χ1n) is 6.52. The van der Waals surface area contributed by atoms with Crippen LogP contribution in [-0.4, -0.2) is 19.4 Å². The number of halogens is 1. The summed E-state index contributed by atoms with van der Waals surface area (Å²) in [4.78, 5) is 1.28. The van der Waals surface area contributed by atoms with E-state index in [-0.39, 0.29) is 0 Å². The largest absolute Gasteiger partial charge is 0.493 e. The summed E-state index contributed by atoms with van der Waals surface area (Å²) in [5.74, 6) is 1.85. The molecule has 20 heavy (non-hydrogen) atoms. The van der Waals surface area contributed by atoms with Gasteiger partial charge in [-0.3, -0.25) is 0 Å². The first-order valence-corrected chi connectivity index (χ1v) is 8.30. The van der Waals surface area contributed by atoms with Crippen LogP contribution in [0.1, 0.15) is 5.56 Å². The molecule has 2 aromatic rings. The van der Waals surface area contributed by atoms with Gasteiger partial charge in [0.15, 0.2) is 0 Å². The van der Waals surface area contributed by atoms with Gasteiger partial charge in [0.05, 0.1) is 6.61 Å². The van der Waals surface area contributed by atoms with Crippen molar-refractivity contribution in [2.24, 2.45) is 0 Å². The van der Waals surface area contributed by atoms with Crippen molar-refractivity contribution in [1.82, 2.24) is 5.32 Å². The van der Waals surface area contributed by atoms with E-state index in [1.807, 2.05) is 43.1 Å². The predicted molar refractivity (Wildman–Crippen MR) is 89.6 cm³/mol. The molecule has 1 N–H and O–H groups in total. The van der Waals surface area contributed by atoms with Crippen LogP contribution in [0.3, 0.4) is 0 Å². The van der Waals surface area contributed by atoms with E-state index >= 15 is 0 Å². The van der Waals surface area contributed by atoms with Crippen LogP contribution in [0.5, 0.6) is 5.75 Å². The topological polar surface area (TPSA) is 21.3 Å². The van der Waals surface area contributed by atoms with Crippen molar-refractivity contribution >= 4 is 27.7 Å². The van der Waals surface area contributed by atoms with Crippen LogP contribution in [0.25, 0.3) is 0 Å². The van der Waals surface area contributed by atoms with E-state index in [4.69, 9.17) is 4.74 Å². The highest BCUT2D eigenvalue weighted by molar-refractivity contribution is 9.10. The molecular formula is C16H18BrNOS. The highest BCUT2D eigenvalue weighted by atomic mass is 79.9. The minimum absolute atomic E-state index is 0.708. The van der Waals surface area contributed by atoms with Gasteiger partial charge in [0.2, 0.25) is 0 Å². The summed E-state index contributed by atoms with van der Waals surface area (Å²) >= 11 is 5.25. The fourth-order valence-corrected chi connectivity index (χ4v) is 2.89. The molecule has 0 heterocycles. The summed E-state index contributed by atoms with van der Waals surface area (Å²) in [7, 11) is 1.96. The summed E-state index contributed by atoms with van der Waals surface area (Å²) in [6.07, 6.45) is 0. The highest BCUT2D eigenvalue weighted by Crippen LogP contribution is 2.20. The zero-order chi connectivity index (χ0) is 14.2. The average Bonchev–Trinajstić information content (AvgIpc) is 2.46. The van der Waals surface area contributed by atoms with Gasteiger partial charge >= 0.3 is 0 Å². The van der Waals surface area contributed by atoms with Crippen molar-refractivity contribution in [2.75, 3.05) is 19.4 Å². The first kappa shape index (κ1) is 15.4. The molecule has 4 heteroatoms. The van der Waals surface area contributed by atoms with Crippen molar-refractivity contribution in [3.8, 4) is 5.75 Å². The molecule has 0 saturated carbocycles. The van der Waals surface area contributed by atoms with E-state index in [1.165, 1.54) is 10.5 Å². The Bertz CT molecular complexity index is 530. The fourth-order valence-electron chi connectivity index (χ4n) is 1.78. The molecule has 0 aliphatic heterocycles. The number of hydrogen-bond donors (Lipinski definition) is 1. The Morgan fingerprint density at radius 1 is 1.15 bits per heavy atom. The maximum Gasteiger partial charge on any atom is 0.120 e. The normalized spacial score (nSPS) is 10.5. The van der Waals surface area contributed by atoms with Crippen LogP contribution in [0.2, 0.25) is 0 Å². The Balaban J connectivity index is 1.73. The Hall–Kier alpha value is -0.970. The summed E-state index contributed by atoms with van der Waals surface area (Å²) < 4.78 is 6.75. The van der Waals surface area contributed by atoms with Crippen molar-refractivity contribution in [1.29, 1.82) is 0 Å². The lowest BCUT2D eigenvalue weighted by Crippen LogP contribution is -2.04. The second kappa shape index (κ2) is 8.35. The van der Waals surface area contributed by atoms with E-state index in [0.29, 0.717) is 6.61 Å². The molecule has 106 valence electrons. The standard InChI is InChI=1S/C16H18BrNOS/c1-18-12-13-5-7-16(8-6-13)20-10-9-19-15-4-2-3-14(17)11-15/h2-8,11,18H,9-10,12H2,1H3. The Kier molecular flexibility index (Phi) is 6.43. The lowest BCUT2D eigenvalue weighted by atomic mass is 10.2. The van der Waals surface area contributed by atoms with Crippen molar-refractivity contribution in [2.45, 2.75) is 11.4 Å². The first-order chi connectivity index (χ1) is 9.78. The maximum absolute atomic E-state index is 5.71. The summed E-state index contributed by atoms with van der Waals surface area (Å²) in [5.41, 5.74) is 1.31. The van der Waals surface area contributed by atoms with Crippen LogP contribution >= 0.6 is 27.7 Å². The number of rotatable bonds is 7. The summed E-state index contributed by atoms with van der Waals surface area (Å²) in [5, 5.41) is 3.15. The zero-order valence-electron chi connectivity index (χ0n) is 11.4. The Labute approximate surface area is 133 Å². The van der Waals surface area contributed by atoms with Gasteiger partial charge in [-0.1, -0.05) is 34.1 Å². The third kappa shape index (κ3) is 5.19. The molecule has 0 spiro atoms. The second-order valence-electron chi connectivity index (χ2n) is 4.33. The molecule has 0 saturated heterocycles. The Morgan fingerprint density at radius 3 is 2.65 bits per heavy atom. The monoisotopic (exact) mass is 351 g/mol. The van der Waals surface area contributed by atoms with E-state index < -0.39 is 0 Å². The van der Waals surface area contributed by atoms with Gasteiger partial charge in [0, 0.05) is 21.7 Å². The van der Waals surface area contributed by atoms with Crippen LogP contribution in [-0.2, 0) is 6.54 Å². The maximum atomic E-state index is 5.71. The van der Waals surface area contributed by atoms with E-state index in [0.717, 1.165) is 22.5 Å². The van der Waals surface area contributed by atoms with Gasteiger partial charge in [0.1, 0.15) is 5.75 Å². The number of nitrogens with one attached hydrogen (secondary N) is 1. The van der Waals surface area contributed by atoms with Crippen molar-refractivity contribution < 1.29 is 4.74 Å². The minimum Gasteiger partial charge on any atom is -0.493 e. The minimum atomic E-state index is 0.708. The number of benzene rings is 2. The second-order valence-corrected chi connectivity index (χ2v) is 6.41. The molecule has 0 amide bonds. The molecule has 0 aliphatic carbocycles. The highest BCUT2D eigenvalue weighted by Gasteiger charge is 1.97. The number of thioether (sulfide) groups is 1. The molecule has 0 aromatic heterocycles.